The fraction of sp³-hybridized carbons (Fsp3) is 0.294. The fourth-order valence-electron chi connectivity index (χ4n) is 1.99. The molecule has 0 aliphatic carbocycles. The van der Waals surface area contributed by atoms with Crippen molar-refractivity contribution in [1.82, 2.24) is 5.43 Å². The van der Waals surface area contributed by atoms with Gasteiger partial charge in [0.25, 0.3) is 5.91 Å². The van der Waals surface area contributed by atoms with Crippen molar-refractivity contribution in [2.75, 3.05) is 30.9 Å². The second-order valence-corrected chi connectivity index (χ2v) is 6.50. The smallest absolute Gasteiger partial charge is 0.259 e. The molecule has 1 heterocycles. The number of benzene rings is 1. The largest absolute Gasteiger partial charge is 0.438 e. The molecule has 1 aromatic carbocycles. The maximum absolute atomic E-state index is 11.8. The SMILES string of the molecule is Cc1ccc(NCC(=O)NN=Cc2cc(Br)c(N(C)C)o2)cc1C. The molecule has 0 saturated heterocycles. The Bertz CT molecular complexity index is 753. The summed E-state index contributed by atoms with van der Waals surface area (Å²) in [5.74, 6) is 1.01. The van der Waals surface area contributed by atoms with Crippen molar-refractivity contribution in [3.63, 3.8) is 0 Å². The van der Waals surface area contributed by atoms with Crippen molar-refractivity contribution in [1.29, 1.82) is 0 Å². The number of amides is 1. The Morgan fingerprint density at radius 3 is 2.67 bits per heavy atom. The Labute approximate surface area is 150 Å². The minimum Gasteiger partial charge on any atom is -0.438 e. The van der Waals surface area contributed by atoms with Gasteiger partial charge in [-0.05, 0) is 53.0 Å². The highest BCUT2D eigenvalue weighted by atomic mass is 79.9. The molecular formula is C17H21BrN4O2. The lowest BCUT2D eigenvalue weighted by atomic mass is 10.1. The first-order valence-electron chi connectivity index (χ1n) is 7.46. The molecule has 0 aliphatic heterocycles. The zero-order chi connectivity index (χ0) is 17.7. The van der Waals surface area contributed by atoms with Crippen LogP contribution in [0.2, 0.25) is 0 Å². The standard InChI is InChI=1S/C17H21BrN4O2/c1-11-5-6-13(7-12(11)2)19-10-16(23)21-20-9-14-8-15(18)17(24-14)22(3)4/h5-9,19H,10H2,1-4H3,(H,21,23). The van der Waals surface area contributed by atoms with E-state index in [2.05, 4.69) is 38.7 Å². The molecule has 0 aliphatic rings. The monoisotopic (exact) mass is 392 g/mol. The fourth-order valence-corrected chi connectivity index (χ4v) is 2.65. The van der Waals surface area contributed by atoms with Gasteiger partial charge in [0.1, 0.15) is 0 Å². The van der Waals surface area contributed by atoms with Gasteiger partial charge >= 0.3 is 0 Å². The molecule has 1 amide bonds. The van der Waals surface area contributed by atoms with Crippen molar-refractivity contribution in [3.05, 3.63) is 45.6 Å². The molecule has 0 unspecified atom stereocenters. The Kier molecular flexibility index (Phi) is 6.03. The molecule has 24 heavy (non-hydrogen) atoms. The van der Waals surface area contributed by atoms with E-state index in [9.17, 15) is 4.79 Å². The summed E-state index contributed by atoms with van der Waals surface area (Å²) in [6.07, 6.45) is 1.46. The van der Waals surface area contributed by atoms with Crippen LogP contribution in [0.3, 0.4) is 0 Å². The number of nitrogens with zero attached hydrogens (tertiary/aromatic N) is 2. The number of hydrogen-bond donors (Lipinski definition) is 2. The summed E-state index contributed by atoms with van der Waals surface area (Å²) >= 11 is 3.41. The number of halogens is 1. The number of rotatable bonds is 6. The van der Waals surface area contributed by atoms with Crippen molar-refractivity contribution in [2.24, 2.45) is 5.10 Å². The van der Waals surface area contributed by atoms with Gasteiger partial charge in [0, 0.05) is 25.8 Å². The minimum atomic E-state index is -0.233. The van der Waals surface area contributed by atoms with E-state index < -0.39 is 0 Å². The summed E-state index contributed by atoms with van der Waals surface area (Å²) in [5, 5.41) is 6.97. The van der Waals surface area contributed by atoms with Gasteiger partial charge in [0.15, 0.2) is 5.76 Å². The van der Waals surface area contributed by atoms with E-state index in [4.69, 9.17) is 4.42 Å². The van der Waals surface area contributed by atoms with E-state index in [1.807, 2.05) is 44.1 Å². The zero-order valence-corrected chi connectivity index (χ0v) is 15.8. The van der Waals surface area contributed by atoms with Crippen LogP contribution in [0, 0.1) is 13.8 Å². The van der Waals surface area contributed by atoms with E-state index in [1.54, 1.807) is 6.07 Å². The lowest BCUT2D eigenvalue weighted by Gasteiger charge is -2.07. The third-order valence-corrected chi connectivity index (χ3v) is 4.00. The predicted molar refractivity (Wildman–Crippen MR) is 101 cm³/mol. The molecule has 0 atom stereocenters. The minimum absolute atomic E-state index is 0.143. The molecule has 2 aromatic rings. The van der Waals surface area contributed by atoms with Crippen LogP contribution in [-0.2, 0) is 4.79 Å². The summed E-state index contributed by atoms with van der Waals surface area (Å²) in [4.78, 5) is 13.6. The average molecular weight is 393 g/mol. The molecule has 0 radical (unpaired) electrons. The van der Waals surface area contributed by atoms with E-state index in [0.717, 1.165) is 10.2 Å². The molecule has 0 saturated carbocycles. The molecule has 0 bridgehead atoms. The highest BCUT2D eigenvalue weighted by molar-refractivity contribution is 9.10. The van der Waals surface area contributed by atoms with Crippen molar-refractivity contribution in [3.8, 4) is 0 Å². The zero-order valence-electron chi connectivity index (χ0n) is 14.2. The van der Waals surface area contributed by atoms with Crippen LogP contribution in [0.5, 0.6) is 0 Å². The maximum atomic E-state index is 11.8. The first kappa shape index (κ1) is 18.1. The second-order valence-electron chi connectivity index (χ2n) is 5.64. The summed E-state index contributed by atoms with van der Waals surface area (Å²) in [5.41, 5.74) is 5.77. The number of nitrogens with one attached hydrogen (secondary N) is 2. The lowest BCUT2D eigenvalue weighted by molar-refractivity contribution is -0.119. The Morgan fingerprint density at radius 2 is 2.04 bits per heavy atom. The molecule has 6 nitrogen and oxygen atoms in total. The number of aryl methyl sites for hydroxylation is 2. The van der Waals surface area contributed by atoms with Crippen LogP contribution in [-0.4, -0.2) is 32.8 Å². The first-order valence-corrected chi connectivity index (χ1v) is 8.26. The number of carbonyl (C=O) groups excluding carboxylic acids is 1. The van der Waals surface area contributed by atoms with Gasteiger partial charge in [0.05, 0.1) is 17.2 Å². The number of hydrogen-bond acceptors (Lipinski definition) is 5. The first-order chi connectivity index (χ1) is 11.4. The lowest BCUT2D eigenvalue weighted by Crippen LogP contribution is -2.25. The Morgan fingerprint density at radius 1 is 1.29 bits per heavy atom. The van der Waals surface area contributed by atoms with Gasteiger partial charge in [0.2, 0.25) is 5.88 Å². The highest BCUT2D eigenvalue weighted by Gasteiger charge is 2.09. The van der Waals surface area contributed by atoms with Crippen LogP contribution in [0.25, 0.3) is 0 Å². The number of furan rings is 1. The second kappa shape index (κ2) is 8.01. The molecule has 0 spiro atoms. The van der Waals surface area contributed by atoms with Gasteiger partial charge in [-0.3, -0.25) is 4.79 Å². The summed E-state index contributed by atoms with van der Waals surface area (Å²) in [6, 6.07) is 7.76. The molecule has 2 rings (SSSR count). The quantitative estimate of drug-likeness (QED) is 0.584. The number of hydrazone groups is 1. The molecule has 128 valence electrons. The molecule has 2 N–H and O–H groups in total. The van der Waals surface area contributed by atoms with E-state index in [1.165, 1.54) is 17.3 Å². The van der Waals surface area contributed by atoms with Gasteiger partial charge < -0.3 is 14.6 Å². The summed E-state index contributed by atoms with van der Waals surface area (Å²) in [6.45, 7) is 4.23. The van der Waals surface area contributed by atoms with Crippen molar-refractivity contribution in [2.45, 2.75) is 13.8 Å². The van der Waals surface area contributed by atoms with Gasteiger partial charge in [-0.15, -0.1) is 0 Å². The summed E-state index contributed by atoms with van der Waals surface area (Å²) < 4.78 is 6.40. The normalized spacial score (nSPS) is 10.9. The van der Waals surface area contributed by atoms with Crippen LogP contribution >= 0.6 is 15.9 Å². The van der Waals surface area contributed by atoms with E-state index in [0.29, 0.717) is 11.6 Å². The predicted octanol–water partition coefficient (Wildman–Crippen LogP) is 3.29. The third kappa shape index (κ3) is 4.86. The Hall–Kier alpha value is -2.28. The van der Waals surface area contributed by atoms with Gasteiger partial charge in [-0.1, -0.05) is 6.07 Å². The third-order valence-electron chi connectivity index (χ3n) is 3.44. The van der Waals surface area contributed by atoms with Crippen LogP contribution in [0.1, 0.15) is 16.9 Å². The van der Waals surface area contributed by atoms with Crippen LogP contribution in [0.4, 0.5) is 11.6 Å². The summed E-state index contributed by atoms with van der Waals surface area (Å²) in [7, 11) is 3.76. The highest BCUT2D eigenvalue weighted by Crippen LogP contribution is 2.27. The van der Waals surface area contributed by atoms with E-state index in [-0.39, 0.29) is 12.5 Å². The van der Waals surface area contributed by atoms with E-state index >= 15 is 0 Å². The maximum Gasteiger partial charge on any atom is 0.259 e. The van der Waals surface area contributed by atoms with Crippen molar-refractivity contribution >= 4 is 39.6 Å². The Balaban J connectivity index is 1.84. The molecule has 1 aromatic heterocycles. The van der Waals surface area contributed by atoms with Crippen LogP contribution in [0.15, 0.2) is 38.3 Å². The van der Waals surface area contributed by atoms with Crippen molar-refractivity contribution < 1.29 is 9.21 Å². The number of carbonyl (C=O) groups is 1. The topological polar surface area (TPSA) is 69.9 Å². The van der Waals surface area contributed by atoms with Gasteiger partial charge in [-0.2, -0.15) is 5.10 Å². The van der Waals surface area contributed by atoms with Crippen LogP contribution < -0.4 is 15.6 Å². The number of anilines is 2. The molecule has 0 fully saturated rings. The molecule has 7 heteroatoms. The van der Waals surface area contributed by atoms with Gasteiger partial charge in [-0.25, -0.2) is 5.43 Å². The molecular weight excluding hydrogens is 372 g/mol. The average Bonchev–Trinajstić information content (AvgIpc) is 2.89.